The summed E-state index contributed by atoms with van der Waals surface area (Å²) in [5.41, 5.74) is 0. The van der Waals surface area contributed by atoms with Crippen molar-refractivity contribution in [1.82, 2.24) is 5.06 Å². The molecule has 1 aliphatic heterocycles. The second kappa shape index (κ2) is 5.19. The summed E-state index contributed by atoms with van der Waals surface area (Å²) in [6, 6.07) is 0. The summed E-state index contributed by atoms with van der Waals surface area (Å²) in [6.45, 7) is 4.03. The molecule has 1 aliphatic rings. The van der Waals surface area contributed by atoms with E-state index in [1.54, 1.807) is 7.11 Å². The molecule has 0 aliphatic carbocycles. The number of rotatable bonds is 4. The lowest BCUT2D eigenvalue weighted by atomic mass is 10.1. The second-order valence-corrected chi connectivity index (χ2v) is 3.45. The fraction of sp³-hybridized carbons (Fsp3) is 0.889. The van der Waals surface area contributed by atoms with Gasteiger partial charge in [0.25, 0.3) is 0 Å². The summed E-state index contributed by atoms with van der Waals surface area (Å²) in [7, 11) is 1.65. The van der Waals surface area contributed by atoms with Crippen LogP contribution in [0, 0.1) is 5.92 Å². The number of amides is 1. The van der Waals surface area contributed by atoms with E-state index in [9.17, 15) is 4.79 Å². The molecular weight excluding hydrogens is 170 g/mol. The average Bonchev–Trinajstić information content (AvgIpc) is 2.55. The molecule has 1 heterocycles. The Labute approximate surface area is 78.8 Å². The van der Waals surface area contributed by atoms with Crippen molar-refractivity contribution in [1.29, 1.82) is 0 Å². The monoisotopic (exact) mass is 187 g/mol. The van der Waals surface area contributed by atoms with Crippen LogP contribution in [0.25, 0.3) is 0 Å². The van der Waals surface area contributed by atoms with Crippen LogP contribution in [0.3, 0.4) is 0 Å². The van der Waals surface area contributed by atoms with Crippen molar-refractivity contribution in [3.63, 3.8) is 0 Å². The highest BCUT2D eigenvalue weighted by Crippen LogP contribution is 2.10. The maximum atomic E-state index is 11.5. The summed E-state index contributed by atoms with van der Waals surface area (Å²) in [5.74, 6) is 0.337. The summed E-state index contributed by atoms with van der Waals surface area (Å²) >= 11 is 0. The van der Waals surface area contributed by atoms with Crippen LogP contribution in [0.5, 0.6) is 0 Å². The molecule has 0 spiro atoms. The van der Waals surface area contributed by atoms with E-state index in [-0.39, 0.29) is 11.8 Å². The Hall–Kier alpha value is -0.610. The summed E-state index contributed by atoms with van der Waals surface area (Å²) in [6.07, 6.45) is 1.46. The molecule has 1 atom stereocenters. The number of nitrogens with zero attached hydrogens (tertiary/aromatic N) is 1. The van der Waals surface area contributed by atoms with Gasteiger partial charge in [0.1, 0.15) is 0 Å². The van der Waals surface area contributed by atoms with E-state index in [1.165, 1.54) is 5.06 Å². The highest BCUT2D eigenvalue weighted by molar-refractivity contribution is 5.75. The number of ether oxygens (including phenoxy) is 1. The van der Waals surface area contributed by atoms with E-state index in [1.807, 2.05) is 6.92 Å². The van der Waals surface area contributed by atoms with Gasteiger partial charge in [0, 0.05) is 20.1 Å². The molecule has 0 radical (unpaired) electrons. The first-order valence-electron chi connectivity index (χ1n) is 4.66. The average molecular weight is 187 g/mol. The van der Waals surface area contributed by atoms with Crippen LogP contribution in [-0.4, -0.2) is 37.8 Å². The molecule has 1 saturated heterocycles. The third-order valence-corrected chi connectivity index (χ3v) is 2.01. The molecule has 0 N–H and O–H groups in total. The van der Waals surface area contributed by atoms with Gasteiger partial charge in [0.15, 0.2) is 0 Å². The highest BCUT2D eigenvalue weighted by Gasteiger charge is 2.20. The van der Waals surface area contributed by atoms with E-state index in [0.29, 0.717) is 19.6 Å². The summed E-state index contributed by atoms with van der Waals surface area (Å²) in [5, 5.41) is 1.46. The fourth-order valence-corrected chi connectivity index (χ4v) is 1.39. The van der Waals surface area contributed by atoms with Crippen LogP contribution < -0.4 is 0 Å². The van der Waals surface area contributed by atoms with Crippen molar-refractivity contribution in [3.8, 4) is 0 Å². The first-order chi connectivity index (χ1) is 6.24. The first kappa shape index (κ1) is 10.5. The summed E-state index contributed by atoms with van der Waals surface area (Å²) in [4.78, 5) is 16.6. The Morgan fingerprint density at radius 2 is 2.46 bits per heavy atom. The molecule has 13 heavy (non-hydrogen) atoms. The van der Waals surface area contributed by atoms with Crippen LogP contribution in [0.2, 0.25) is 0 Å². The van der Waals surface area contributed by atoms with Crippen molar-refractivity contribution in [2.45, 2.75) is 19.8 Å². The van der Waals surface area contributed by atoms with Crippen LogP contribution in [0.1, 0.15) is 19.8 Å². The van der Waals surface area contributed by atoms with Gasteiger partial charge in [-0.1, -0.05) is 6.92 Å². The van der Waals surface area contributed by atoms with E-state index in [2.05, 4.69) is 0 Å². The molecule has 4 nitrogen and oxygen atoms in total. The van der Waals surface area contributed by atoms with Gasteiger partial charge in [-0.05, 0) is 12.3 Å². The van der Waals surface area contributed by atoms with Crippen LogP contribution in [-0.2, 0) is 14.4 Å². The number of hydrogen-bond acceptors (Lipinski definition) is 3. The maximum Gasteiger partial charge on any atom is 0.246 e. The number of carbonyl (C=O) groups excluding carboxylic acids is 1. The Balaban J connectivity index is 2.23. The van der Waals surface area contributed by atoms with Crippen molar-refractivity contribution >= 4 is 5.91 Å². The van der Waals surface area contributed by atoms with Crippen LogP contribution in [0.4, 0.5) is 0 Å². The zero-order chi connectivity index (χ0) is 9.68. The van der Waals surface area contributed by atoms with E-state index in [0.717, 1.165) is 13.0 Å². The normalized spacial score (nSPS) is 19.1. The lowest BCUT2D eigenvalue weighted by molar-refractivity contribution is -0.170. The van der Waals surface area contributed by atoms with Crippen molar-refractivity contribution in [2.75, 3.05) is 26.9 Å². The smallest absolute Gasteiger partial charge is 0.246 e. The predicted octanol–water partition coefficient (Wildman–Crippen LogP) is 0.823. The molecule has 1 amide bonds. The fourth-order valence-electron chi connectivity index (χ4n) is 1.39. The zero-order valence-corrected chi connectivity index (χ0v) is 8.28. The SMILES string of the molecule is COCC(C)CC(=O)N1CCCO1. The lowest BCUT2D eigenvalue weighted by Crippen LogP contribution is -2.28. The molecule has 76 valence electrons. The Kier molecular flexibility index (Phi) is 4.18. The molecule has 4 heteroatoms. The van der Waals surface area contributed by atoms with Crippen LogP contribution >= 0.6 is 0 Å². The van der Waals surface area contributed by atoms with Gasteiger partial charge in [0.2, 0.25) is 5.91 Å². The number of methoxy groups -OCH3 is 1. The molecular formula is C9H17NO3. The molecule has 0 aromatic rings. The first-order valence-corrected chi connectivity index (χ1v) is 4.66. The zero-order valence-electron chi connectivity index (χ0n) is 8.28. The molecule has 0 saturated carbocycles. The molecule has 1 unspecified atom stereocenters. The molecule has 0 bridgehead atoms. The Bertz CT molecular complexity index is 166. The largest absolute Gasteiger partial charge is 0.384 e. The minimum Gasteiger partial charge on any atom is -0.384 e. The van der Waals surface area contributed by atoms with Gasteiger partial charge in [-0.3, -0.25) is 9.63 Å². The van der Waals surface area contributed by atoms with Gasteiger partial charge in [-0.25, -0.2) is 5.06 Å². The molecule has 1 fully saturated rings. The Morgan fingerprint density at radius 3 is 3.00 bits per heavy atom. The second-order valence-electron chi connectivity index (χ2n) is 3.45. The maximum absolute atomic E-state index is 11.5. The van der Waals surface area contributed by atoms with Crippen molar-refractivity contribution in [2.24, 2.45) is 5.92 Å². The van der Waals surface area contributed by atoms with Gasteiger partial charge in [-0.2, -0.15) is 0 Å². The standard InChI is InChI=1S/C9H17NO3/c1-8(7-12-2)6-9(11)10-4-3-5-13-10/h8H,3-7H2,1-2H3. The third kappa shape index (κ3) is 3.32. The van der Waals surface area contributed by atoms with Crippen LogP contribution in [0.15, 0.2) is 0 Å². The summed E-state index contributed by atoms with van der Waals surface area (Å²) < 4.78 is 4.96. The van der Waals surface area contributed by atoms with E-state index in [4.69, 9.17) is 9.57 Å². The highest BCUT2D eigenvalue weighted by atomic mass is 16.7. The quantitative estimate of drug-likeness (QED) is 0.654. The minimum atomic E-state index is 0.0713. The Morgan fingerprint density at radius 1 is 1.69 bits per heavy atom. The van der Waals surface area contributed by atoms with E-state index < -0.39 is 0 Å². The van der Waals surface area contributed by atoms with Gasteiger partial charge in [-0.15, -0.1) is 0 Å². The topological polar surface area (TPSA) is 38.8 Å². The van der Waals surface area contributed by atoms with Gasteiger partial charge < -0.3 is 4.74 Å². The van der Waals surface area contributed by atoms with Crippen molar-refractivity contribution < 1.29 is 14.4 Å². The third-order valence-electron chi connectivity index (χ3n) is 2.01. The lowest BCUT2D eigenvalue weighted by Gasteiger charge is -2.16. The van der Waals surface area contributed by atoms with Gasteiger partial charge in [0.05, 0.1) is 13.2 Å². The van der Waals surface area contributed by atoms with Crippen molar-refractivity contribution in [3.05, 3.63) is 0 Å². The molecule has 0 aromatic carbocycles. The number of hydrogen-bond donors (Lipinski definition) is 0. The number of hydroxylamine groups is 2. The molecule has 0 aromatic heterocycles. The predicted molar refractivity (Wildman–Crippen MR) is 47.9 cm³/mol. The minimum absolute atomic E-state index is 0.0713. The number of carbonyl (C=O) groups is 1. The van der Waals surface area contributed by atoms with Gasteiger partial charge >= 0.3 is 0 Å². The van der Waals surface area contributed by atoms with E-state index >= 15 is 0 Å². The molecule has 1 rings (SSSR count).